The molecule has 0 saturated carbocycles. The molecule has 4 nitrogen and oxygen atoms in total. The number of rotatable bonds is 6. The minimum absolute atomic E-state index is 0.717. The van der Waals surface area contributed by atoms with E-state index in [4.69, 9.17) is 0 Å². The molecule has 106 valence electrons. The number of hydrogen-bond donors (Lipinski definition) is 1. The predicted octanol–water partition coefficient (Wildman–Crippen LogP) is 2.92. The molecule has 0 radical (unpaired) electrons. The van der Waals surface area contributed by atoms with Crippen molar-refractivity contribution in [2.75, 3.05) is 18.5 Å². The van der Waals surface area contributed by atoms with E-state index in [1.165, 1.54) is 5.56 Å². The summed E-state index contributed by atoms with van der Waals surface area (Å²) in [6.45, 7) is 6.00. The van der Waals surface area contributed by atoms with Crippen molar-refractivity contribution in [3.63, 3.8) is 0 Å². The quantitative estimate of drug-likeness (QED) is 0.876. The summed E-state index contributed by atoms with van der Waals surface area (Å²) in [4.78, 5) is 10.8. The molecular formula is C16H22N4. The zero-order valence-electron chi connectivity index (χ0n) is 12.4. The van der Waals surface area contributed by atoms with Gasteiger partial charge in [-0.1, -0.05) is 26.0 Å². The molecule has 0 bridgehead atoms. The highest BCUT2D eigenvalue weighted by molar-refractivity contribution is 5.56. The predicted molar refractivity (Wildman–Crippen MR) is 83.3 cm³/mol. The average molecular weight is 270 g/mol. The smallest absolute Gasteiger partial charge is 0.229 e. The molecule has 2 aromatic rings. The summed E-state index contributed by atoms with van der Waals surface area (Å²) in [5.74, 6) is 0.717. The Balaban J connectivity index is 2.09. The van der Waals surface area contributed by atoms with Gasteiger partial charge in [0.25, 0.3) is 0 Å². The van der Waals surface area contributed by atoms with Gasteiger partial charge in [0.1, 0.15) is 0 Å². The minimum atomic E-state index is 0.717. The third-order valence-electron chi connectivity index (χ3n) is 3.30. The fraction of sp³-hybridized carbons (Fsp3) is 0.375. The van der Waals surface area contributed by atoms with E-state index in [9.17, 15) is 0 Å². The standard InChI is InChI=1S/C16H22N4/c1-4-13-6-8-15(9-7-13)20(3)16-18-11-14(12-19-16)10-17-5-2/h6-9,11-12,17H,4-5,10H2,1-3H3. The number of nitrogens with one attached hydrogen (secondary N) is 1. The number of nitrogens with zero attached hydrogens (tertiary/aromatic N) is 3. The largest absolute Gasteiger partial charge is 0.314 e. The van der Waals surface area contributed by atoms with Crippen molar-refractivity contribution in [1.82, 2.24) is 15.3 Å². The Morgan fingerprint density at radius 1 is 1.00 bits per heavy atom. The van der Waals surface area contributed by atoms with Crippen LogP contribution in [0.15, 0.2) is 36.7 Å². The normalized spacial score (nSPS) is 10.6. The van der Waals surface area contributed by atoms with Gasteiger partial charge in [-0.25, -0.2) is 9.97 Å². The van der Waals surface area contributed by atoms with Gasteiger partial charge in [0.05, 0.1) is 0 Å². The Hall–Kier alpha value is -1.94. The third kappa shape index (κ3) is 3.54. The Morgan fingerprint density at radius 3 is 2.20 bits per heavy atom. The molecule has 0 aliphatic carbocycles. The number of anilines is 2. The monoisotopic (exact) mass is 270 g/mol. The molecule has 4 heteroatoms. The average Bonchev–Trinajstić information content (AvgIpc) is 2.53. The van der Waals surface area contributed by atoms with Gasteiger partial charge < -0.3 is 10.2 Å². The second-order valence-electron chi connectivity index (χ2n) is 4.75. The maximum Gasteiger partial charge on any atom is 0.229 e. The van der Waals surface area contributed by atoms with E-state index in [0.717, 1.165) is 36.7 Å². The number of benzene rings is 1. The fourth-order valence-corrected chi connectivity index (χ4v) is 1.95. The van der Waals surface area contributed by atoms with Crippen LogP contribution in [0.2, 0.25) is 0 Å². The van der Waals surface area contributed by atoms with Crippen molar-refractivity contribution in [2.24, 2.45) is 0 Å². The first-order valence-corrected chi connectivity index (χ1v) is 7.09. The van der Waals surface area contributed by atoms with Gasteiger partial charge in [0.15, 0.2) is 0 Å². The van der Waals surface area contributed by atoms with Crippen LogP contribution in [0.25, 0.3) is 0 Å². The van der Waals surface area contributed by atoms with Crippen LogP contribution in [0, 0.1) is 0 Å². The first-order chi connectivity index (χ1) is 9.74. The van der Waals surface area contributed by atoms with E-state index in [1.807, 2.05) is 24.3 Å². The molecule has 0 spiro atoms. The highest BCUT2D eigenvalue weighted by Gasteiger charge is 2.06. The van der Waals surface area contributed by atoms with Crippen LogP contribution in [0.3, 0.4) is 0 Å². The van der Waals surface area contributed by atoms with Crippen molar-refractivity contribution >= 4 is 11.6 Å². The lowest BCUT2D eigenvalue weighted by molar-refractivity contribution is 0.721. The lowest BCUT2D eigenvalue weighted by Crippen LogP contribution is -2.15. The Labute approximate surface area is 120 Å². The summed E-state index contributed by atoms with van der Waals surface area (Å²) in [5, 5.41) is 3.26. The van der Waals surface area contributed by atoms with Crippen LogP contribution in [0.5, 0.6) is 0 Å². The van der Waals surface area contributed by atoms with Gasteiger partial charge in [-0.05, 0) is 30.7 Å². The number of hydrogen-bond acceptors (Lipinski definition) is 4. The highest BCUT2D eigenvalue weighted by atomic mass is 15.2. The molecule has 2 rings (SSSR count). The van der Waals surface area contributed by atoms with Crippen LogP contribution in [0.4, 0.5) is 11.6 Å². The van der Waals surface area contributed by atoms with Crippen molar-refractivity contribution in [3.05, 3.63) is 47.8 Å². The molecule has 1 heterocycles. The van der Waals surface area contributed by atoms with Crippen LogP contribution in [0.1, 0.15) is 25.0 Å². The van der Waals surface area contributed by atoms with Gasteiger partial charge in [0, 0.05) is 37.2 Å². The molecule has 0 aliphatic heterocycles. The molecule has 0 unspecified atom stereocenters. The van der Waals surface area contributed by atoms with E-state index < -0.39 is 0 Å². The molecule has 0 atom stereocenters. The molecule has 1 aromatic heterocycles. The van der Waals surface area contributed by atoms with E-state index in [2.05, 4.69) is 53.4 Å². The summed E-state index contributed by atoms with van der Waals surface area (Å²) in [6.07, 6.45) is 4.81. The zero-order valence-corrected chi connectivity index (χ0v) is 12.4. The topological polar surface area (TPSA) is 41.1 Å². The first kappa shape index (κ1) is 14.5. The summed E-state index contributed by atoms with van der Waals surface area (Å²) in [5.41, 5.74) is 3.54. The summed E-state index contributed by atoms with van der Waals surface area (Å²) in [7, 11) is 1.99. The molecular weight excluding hydrogens is 248 g/mol. The van der Waals surface area contributed by atoms with Crippen LogP contribution in [-0.4, -0.2) is 23.6 Å². The summed E-state index contributed by atoms with van der Waals surface area (Å²) >= 11 is 0. The maximum atomic E-state index is 4.43. The Bertz CT molecular complexity index is 519. The maximum absolute atomic E-state index is 4.43. The molecule has 0 amide bonds. The summed E-state index contributed by atoms with van der Waals surface area (Å²) in [6, 6.07) is 8.50. The second kappa shape index (κ2) is 7.01. The molecule has 1 N–H and O–H groups in total. The molecule has 20 heavy (non-hydrogen) atoms. The number of aromatic nitrogens is 2. The Morgan fingerprint density at radius 2 is 1.65 bits per heavy atom. The minimum Gasteiger partial charge on any atom is -0.314 e. The molecule has 0 fully saturated rings. The molecule has 0 aliphatic rings. The van der Waals surface area contributed by atoms with E-state index in [-0.39, 0.29) is 0 Å². The second-order valence-corrected chi connectivity index (χ2v) is 4.75. The van der Waals surface area contributed by atoms with Gasteiger partial charge in [-0.2, -0.15) is 0 Å². The molecule has 1 aromatic carbocycles. The van der Waals surface area contributed by atoms with Crippen molar-refractivity contribution in [2.45, 2.75) is 26.8 Å². The lowest BCUT2D eigenvalue weighted by atomic mass is 10.1. The Kier molecular flexibility index (Phi) is 5.07. The molecule has 0 saturated heterocycles. The van der Waals surface area contributed by atoms with Crippen molar-refractivity contribution < 1.29 is 0 Å². The highest BCUT2D eigenvalue weighted by Crippen LogP contribution is 2.20. The summed E-state index contributed by atoms with van der Waals surface area (Å²) < 4.78 is 0. The van der Waals surface area contributed by atoms with Crippen LogP contribution < -0.4 is 10.2 Å². The van der Waals surface area contributed by atoms with Gasteiger partial charge >= 0.3 is 0 Å². The SMILES string of the molecule is CCNCc1cnc(N(C)c2ccc(CC)cc2)nc1. The van der Waals surface area contributed by atoms with Gasteiger partial charge in [0.2, 0.25) is 5.95 Å². The lowest BCUT2D eigenvalue weighted by Gasteiger charge is -2.17. The fourth-order valence-electron chi connectivity index (χ4n) is 1.95. The van der Waals surface area contributed by atoms with Crippen LogP contribution in [-0.2, 0) is 13.0 Å². The van der Waals surface area contributed by atoms with Crippen molar-refractivity contribution in [1.29, 1.82) is 0 Å². The van der Waals surface area contributed by atoms with E-state index in [0.29, 0.717) is 0 Å². The van der Waals surface area contributed by atoms with E-state index >= 15 is 0 Å². The first-order valence-electron chi connectivity index (χ1n) is 7.09. The van der Waals surface area contributed by atoms with Crippen LogP contribution >= 0.6 is 0 Å². The van der Waals surface area contributed by atoms with Gasteiger partial charge in [-0.3, -0.25) is 0 Å². The number of aryl methyl sites for hydroxylation is 1. The van der Waals surface area contributed by atoms with Crippen molar-refractivity contribution in [3.8, 4) is 0 Å². The van der Waals surface area contributed by atoms with Gasteiger partial charge in [-0.15, -0.1) is 0 Å². The zero-order chi connectivity index (χ0) is 14.4. The van der Waals surface area contributed by atoms with E-state index in [1.54, 1.807) is 0 Å². The third-order valence-corrected chi connectivity index (χ3v) is 3.30.